The monoisotopic (exact) mass is 467 g/mol. The summed E-state index contributed by atoms with van der Waals surface area (Å²) in [4.78, 5) is 55.5. The van der Waals surface area contributed by atoms with Crippen LogP contribution < -0.4 is 10.5 Å². The number of benzene rings is 4. The van der Waals surface area contributed by atoms with Gasteiger partial charge in [0.1, 0.15) is 5.65 Å². The Bertz CT molecular complexity index is 2150. The maximum absolute atomic E-state index is 13.8. The topological polar surface area (TPSA) is 97.5 Å². The molecular weight excluding hydrogens is 454 g/mol. The normalized spacial score (nSPS) is 13.7. The minimum atomic E-state index is -0.419. The highest BCUT2D eigenvalue weighted by Gasteiger charge is 2.35. The van der Waals surface area contributed by atoms with Gasteiger partial charge in [-0.25, -0.2) is 9.88 Å². The lowest BCUT2D eigenvalue weighted by Crippen LogP contribution is -2.40. The first kappa shape index (κ1) is 19.1. The van der Waals surface area contributed by atoms with Crippen molar-refractivity contribution in [3.8, 4) is 0 Å². The number of carbonyl (C=O) groups is 2. The first-order valence-electron chi connectivity index (χ1n) is 11.3. The molecule has 0 unspecified atom stereocenters. The summed E-state index contributed by atoms with van der Waals surface area (Å²) < 4.78 is 1.57. The molecule has 8 nitrogen and oxygen atoms in total. The van der Waals surface area contributed by atoms with Gasteiger partial charge in [-0.2, -0.15) is 0 Å². The number of rotatable bonds is 1. The number of amides is 2. The van der Waals surface area contributed by atoms with Crippen LogP contribution in [-0.4, -0.2) is 31.2 Å². The lowest BCUT2D eigenvalue weighted by molar-refractivity contribution is 0.0893. The second-order valence-corrected chi connectivity index (χ2v) is 8.81. The van der Waals surface area contributed by atoms with Gasteiger partial charge in [-0.05, 0) is 48.5 Å². The molecule has 0 aliphatic carbocycles. The Morgan fingerprint density at radius 2 is 1.31 bits per heavy atom. The summed E-state index contributed by atoms with van der Waals surface area (Å²) in [7, 11) is 0. The van der Waals surface area contributed by atoms with Crippen LogP contribution in [0.5, 0.6) is 0 Å². The molecule has 3 aromatic heterocycles. The van der Waals surface area contributed by atoms with Crippen molar-refractivity contribution in [1.29, 1.82) is 0 Å². The molecule has 0 N–H and O–H groups in total. The SMILES string of the molecule is O=C1c2ccc3c(=O)n4c5cc6nccnc6cc5nc4c4ccc(c2c34)C(=O)N1c1ccccc1. The number of anilines is 1. The quantitative estimate of drug-likeness (QED) is 0.333. The fourth-order valence-corrected chi connectivity index (χ4v) is 5.40. The highest BCUT2D eigenvalue weighted by molar-refractivity contribution is 6.38. The number of pyridine rings is 1. The van der Waals surface area contributed by atoms with Gasteiger partial charge in [-0.3, -0.25) is 28.8 Å². The summed E-state index contributed by atoms with van der Waals surface area (Å²) in [6.45, 7) is 0. The van der Waals surface area contributed by atoms with E-state index in [0.29, 0.717) is 66.1 Å². The maximum Gasteiger partial charge on any atom is 0.265 e. The Labute approximate surface area is 201 Å². The average molecular weight is 467 g/mol. The van der Waals surface area contributed by atoms with Gasteiger partial charge in [0.25, 0.3) is 17.4 Å². The van der Waals surface area contributed by atoms with Crippen LogP contribution in [0.25, 0.3) is 49.3 Å². The van der Waals surface area contributed by atoms with Gasteiger partial charge in [0.2, 0.25) is 0 Å². The van der Waals surface area contributed by atoms with Gasteiger partial charge < -0.3 is 0 Å². The number of hydrogen-bond donors (Lipinski definition) is 0. The molecule has 4 heterocycles. The highest BCUT2D eigenvalue weighted by atomic mass is 16.2. The molecule has 2 amide bonds. The van der Waals surface area contributed by atoms with Gasteiger partial charge in [0.15, 0.2) is 0 Å². The molecule has 36 heavy (non-hydrogen) atoms. The Kier molecular flexibility index (Phi) is 3.43. The molecule has 0 atom stereocenters. The molecule has 0 spiro atoms. The molecular formula is C28H13N5O3. The lowest BCUT2D eigenvalue weighted by atomic mass is 9.90. The summed E-state index contributed by atoms with van der Waals surface area (Å²) in [5, 5.41) is 2.19. The molecule has 0 radical (unpaired) electrons. The molecule has 0 saturated carbocycles. The second-order valence-electron chi connectivity index (χ2n) is 8.81. The standard InChI is InChI=1S/C28H13N5O3/c34-26-17-7-6-15-23-16(8-9-18(24(17)23)27(35)32(26)14-4-2-1-3-5-14)28(36)33-22-13-20-19(29-10-11-30-20)12-21(22)31-25(15)33/h1-13H. The number of para-hydroxylation sites is 1. The molecule has 1 aliphatic rings. The van der Waals surface area contributed by atoms with E-state index in [4.69, 9.17) is 4.98 Å². The number of carbonyl (C=O) groups excluding carboxylic acids is 2. The van der Waals surface area contributed by atoms with Crippen LogP contribution in [0.2, 0.25) is 0 Å². The minimum Gasteiger partial charge on any atom is -0.268 e. The Hall–Kier alpha value is -5.24. The Morgan fingerprint density at radius 3 is 2.03 bits per heavy atom. The third-order valence-corrected chi connectivity index (χ3v) is 6.96. The van der Waals surface area contributed by atoms with Gasteiger partial charge in [-0.1, -0.05) is 18.2 Å². The van der Waals surface area contributed by atoms with E-state index in [9.17, 15) is 14.4 Å². The number of aromatic nitrogens is 4. The first-order valence-corrected chi connectivity index (χ1v) is 11.3. The van der Waals surface area contributed by atoms with Crippen molar-refractivity contribution < 1.29 is 9.59 Å². The lowest BCUT2D eigenvalue weighted by Gasteiger charge is -2.27. The van der Waals surface area contributed by atoms with E-state index < -0.39 is 11.8 Å². The van der Waals surface area contributed by atoms with Crippen LogP contribution >= 0.6 is 0 Å². The summed E-state index contributed by atoms with van der Waals surface area (Å²) in [6, 6.07) is 19.3. The van der Waals surface area contributed by atoms with Crippen molar-refractivity contribution in [2.75, 3.05) is 4.90 Å². The van der Waals surface area contributed by atoms with Crippen molar-refractivity contribution >= 4 is 66.8 Å². The highest BCUT2D eigenvalue weighted by Crippen LogP contribution is 2.38. The van der Waals surface area contributed by atoms with E-state index in [-0.39, 0.29) is 5.56 Å². The molecule has 168 valence electrons. The molecule has 4 aromatic carbocycles. The zero-order chi connectivity index (χ0) is 24.1. The summed E-state index contributed by atoms with van der Waals surface area (Å²) in [5.41, 5.74) is 4.04. The first-order chi connectivity index (χ1) is 17.6. The van der Waals surface area contributed by atoms with E-state index in [0.717, 1.165) is 0 Å². The second kappa shape index (κ2) is 6.45. The van der Waals surface area contributed by atoms with Crippen LogP contribution in [0, 0.1) is 0 Å². The van der Waals surface area contributed by atoms with Crippen molar-refractivity contribution in [2.24, 2.45) is 0 Å². The van der Waals surface area contributed by atoms with Crippen molar-refractivity contribution in [3.63, 3.8) is 0 Å². The maximum atomic E-state index is 13.8. The van der Waals surface area contributed by atoms with Crippen molar-refractivity contribution in [2.45, 2.75) is 0 Å². The third-order valence-electron chi connectivity index (χ3n) is 6.96. The van der Waals surface area contributed by atoms with E-state index >= 15 is 0 Å². The van der Waals surface area contributed by atoms with Crippen LogP contribution in [-0.2, 0) is 0 Å². The third kappa shape index (κ3) is 2.23. The number of nitrogens with zero attached hydrogens (tertiary/aromatic N) is 5. The zero-order valence-electron chi connectivity index (χ0n) is 18.5. The summed E-state index contributed by atoms with van der Waals surface area (Å²) in [6.07, 6.45) is 3.22. The minimum absolute atomic E-state index is 0.266. The van der Waals surface area contributed by atoms with E-state index in [1.165, 1.54) is 4.90 Å². The van der Waals surface area contributed by atoms with Gasteiger partial charge in [0, 0.05) is 45.1 Å². The Balaban J connectivity index is 1.51. The van der Waals surface area contributed by atoms with E-state index in [2.05, 4.69) is 9.97 Å². The molecule has 8 rings (SSSR count). The van der Waals surface area contributed by atoms with Crippen molar-refractivity contribution in [1.82, 2.24) is 19.4 Å². The number of imide groups is 1. The summed E-state index contributed by atoms with van der Waals surface area (Å²) >= 11 is 0. The Morgan fingerprint density at radius 1 is 0.639 bits per heavy atom. The molecule has 8 heteroatoms. The van der Waals surface area contributed by atoms with Crippen LogP contribution in [0.1, 0.15) is 20.7 Å². The van der Waals surface area contributed by atoms with Crippen LogP contribution in [0.15, 0.2) is 83.9 Å². The van der Waals surface area contributed by atoms with Crippen molar-refractivity contribution in [3.05, 3.63) is 101 Å². The largest absolute Gasteiger partial charge is 0.268 e. The molecule has 0 bridgehead atoms. The van der Waals surface area contributed by atoms with E-state index in [1.807, 2.05) is 24.3 Å². The van der Waals surface area contributed by atoms with Gasteiger partial charge in [-0.15, -0.1) is 0 Å². The van der Waals surface area contributed by atoms with Gasteiger partial charge >= 0.3 is 0 Å². The number of hydrogen-bond acceptors (Lipinski definition) is 6. The smallest absolute Gasteiger partial charge is 0.265 e. The molecule has 7 aromatic rings. The fraction of sp³-hybridized carbons (Fsp3) is 0. The predicted molar refractivity (Wildman–Crippen MR) is 136 cm³/mol. The fourth-order valence-electron chi connectivity index (χ4n) is 5.40. The average Bonchev–Trinajstić information content (AvgIpc) is 3.28. The number of imidazole rings is 1. The molecule has 1 aliphatic heterocycles. The number of fused-ring (bicyclic) bond motifs is 5. The molecule has 0 saturated heterocycles. The zero-order valence-corrected chi connectivity index (χ0v) is 18.5. The molecule has 0 fully saturated rings. The van der Waals surface area contributed by atoms with E-state index in [1.54, 1.807) is 59.3 Å². The van der Waals surface area contributed by atoms with Crippen LogP contribution in [0.4, 0.5) is 5.69 Å². The van der Waals surface area contributed by atoms with Gasteiger partial charge in [0.05, 0.1) is 27.8 Å². The summed E-state index contributed by atoms with van der Waals surface area (Å²) in [5.74, 6) is -0.838. The van der Waals surface area contributed by atoms with Crippen LogP contribution in [0.3, 0.4) is 0 Å². The predicted octanol–water partition coefficient (Wildman–Crippen LogP) is 4.34.